The second-order valence-corrected chi connectivity index (χ2v) is 5.66. The fourth-order valence-electron chi connectivity index (χ4n) is 2.82. The van der Waals surface area contributed by atoms with Gasteiger partial charge >= 0.3 is 5.97 Å². The Kier molecular flexibility index (Phi) is 4.73. The van der Waals surface area contributed by atoms with Crippen LogP contribution in [0.15, 0.2) is 84.9 Å². The van der Waals surface area contributed by atoms with Gasteiger partial charge in [0.2, 0.25) is 0 Å². The average molecular weight is 318 g/mol. The molecule has 0 unspecified atom stereocenters. The fraction of sp³-hybridized carbons (Fsp3) is 0.0952. The molecule has 0 aliphatic carbocycles. The van der Waals surface area contributed by atoms with E-state index in [0.29, 0.717) is 11.1 Å². The van der Waals surface area contributed by atoms with Crippen molar-refractivity contribution in [3.63, 3.8) is 0 Å². The van der Waals surface area contributed by atoms with Crippen LogP contribution >= 0.6 is 0 Å². The van der Waals surface area contributed by atoms with E-state index in [4.69, 9.17) is 0 Å². The number of carboxylic acids is 1. The number of carboxylic acid groups (broad SMARTS) is 1. The van der Waals surface area contributed by atoms with E-state index in [1.165, 1.54) is 0 Å². The third-order valence-corrected chi connectivity index (χ3v) is 4.10. The van der Waals surface area contributed by atoms with E-state index in [9.17, 15) is 15.0 Å². The third-order valence-electron chi connectivity index (χ3n) is 4.10. The van der Waals surface area contributed by atoms with Crippen LogP contribution in [0.25, 0.3) is 11.1 Å². The molecule has 0 radical (unpaired) electrons. The van der Waals surface area contributed by atoms with Crippen LogP contribution in [0.2, 0.25) is 0 Å². The molecule has 0 saturated carbocycles. The molecule has 0 amide bonds. The van der Waals surface area contributed by atoms with Gasteiger partial charge in [-0.05, 0) is 22.3 Å². The summed E-state index contributed by atoms with van der Waals surface area (Å²) in [7, 11) is 0. The Morgan fingerprint density at radius 1 is 0.667 bits per heavy atom. The maximum Gasteiger partial charge on any atom is 0.314 e. The van der Waals surface area contributed by atoms with Gasteiger partial charge < -0.3 is 10.2 Å². The molecule has 3 rings (SSSR count). The van der Waals surface area contributed by atoms with Crippen LogP contribution < -0.4 is 0 Å². The van der Waals surface area contributed by atoms with Gasteiger partial charge in [-0.15, -0.1) is 0 Å². The Morgan fingerprint density at radius 2 is 1.17 bits per heavy atom. The molecule has 0 fully saturated rings. The summed E-state index contributed by atoms with van der Waals surface area (Å²) in [6, 6.07) is 26.1. The molecule has 120 valence electrons. The van der Waals surface area contributed by atoms with Crippen molar-refractivity contribution < 1.29 is 15.0 Å². The van der Waals surface area contributed by atoms with Gasteiger partial charge in [0, 0.05) is 0 Å². The van der Waals surface area contributed by atoms with Gasteiger partial charge in [-0.1, -0.05) is 84.9 Å². The summed E-state index contributed by atoms with van der Waals surface area (Å²) in [5, 5.41) is 20.1. The summed E-state index contributed by atoms with van der Waals surface area (Å²) in [6.07, 6.45) is -1.10. The lowest BCUT2D eigenvalue weighted by Crippen LogP contribution is -2.20. The van der Waals surface area contributed by atoms with E-state index >= 15 is 0 Å². The molecule has 2 N–H and O–H groups in total. The van der Waals surface area contributed by atoms with Crippen molar-refractivity contribution >= 4 is 5.97 Å². The Morgan fingerprint density at radius 3 is 1.71 bits per heavy atom. The summed E-state index contributed by atoms with van der Waals surface area (Å²) in [5.74, 6) is -2.03. The van der Waals surface area contributed by atoms with Gasteiger partial charge in [0.1, 0.15) is 5.92 Å². The molecule has 24 heavy (non-hydrogen) atoms. The Hall–Kier alpha value is -2.91. The molecular weight excluding hydrogens is 300 g/mol. The quantitative estimate of drug-likeness (QED) is 0.739. The lowest BCUT2D eigenvalue weighted by atomic mass is 9.88. The minimum atomic E-state index is -1.10. The smallest absolute Gasteiger partial charge is 0.314 e. The fourth-order valence-corrected chi connectivity index (χ4v) is 2.82. The minimum absolute atomic E-state index is 0.588. The lowest BCUT2D eigenvalue weighted by molar-refractivity contribution is -0.141. The zero-order valence-corrected chi connectivity index (χ0v) is 13.0. The molecule has 0 aliphatic heterocycles. The van der Waals surface area contributed by atoms with E-state index in [2.05, 4.69) is 0 Å². The number of rotatable bonds is 5. The average Bonchev–Trinajstić information content (AvgIpc) is 2.63. The molecule has 0 aliphatic rings. The van der Waals surface area contributed by atoms with Crippen molar-refractivity contribution in [3.05, 3.63) is 96.1 Å². The molecule has 0 saturated heterocycles. The predicted octanol–water partition coefficient (Wildman–Crippen LogP) is 4.26. The minimum Gasteiger partial charge on any atom is -0.481 e. The van der Waals surface area contributed by atoms with Crippen LogP contribution in [0.1, 0.15) is 23.1 Å². The van der Waals surface area contributed by atoms with Crippen LogP contribution in [-0.2, 0) is 4.79 Å². The van der Waals surface area contributed by atoms with Crippen LogP contribution in [0.4, 0.5) is 0 Å². The SMILES string of the molecule is O=C(O)[C@H](c1ccccc1)[C@@H](O)c1ccc(-c2ccccc2)cc1. The van der Waals surface area contributed by atoms with Crippen LogP contribution in [-0.4, -0.2) is 16.2 Å². The first-order chi connectivity index (χ1) is 11.7. The number of aliphatic hydroxyl groups is 1. The molecule has 3 nitrogen and oxygen atoms in total. The van der Waals surface area contributed by atoms with Crippen LogP contribution in [0.5, 0.6) is 0 Å². The van der Waals surface area contributed by atoms with Crippen molar-refractivity contribution in [1.82, 2.24) is 0 Å². The van der Waals surface area contributed by atoms with E-state index in [1.54, 1.807) is 36.4 Å². The molecule has 0 bridgehead atoms. The number of hydrogen-bond acceptors (Lipinski definition) is 2. The van der Waals surface area contributed by atoms with E-state index < -0.39 is 18.0 Å². The first-order valence-electron chi connectivity index (χ1n) is 7.78. The number of benzene rings is 3. The first-order valence-corrected chi connectivity index (χ1v) is 7.78. The van der Waals surface area contributed by atoms with E-state index in [0.717, 1.165) is 11.1 Å². The summed E-state index contributed by atoms with van der Waals surface area (Å²) >= 11 is 0. The van der Waals surface area contributed by atoms with Crippen molar-refractivity contribution in [3.8, 4) is 11.1 Å². The van der Waals surface area contributed by atoms with Gasteiger partial charge in [-0.25, -0.2) is 0 Å². The molecule has 0 spiro atoms. The van der Waals surface area contributed by atoms with Gasteiger partial charge in [-0.3, -0.25) is 4.79 Å². The maximum atomic E-state index is 11.6. The van der Waals surface area contributed by atoms with Crippen LogP contribution in [0, 0.1) is 0 Å². The summed E-state index contributed by atoms with van der Waals surface area (Å²) in [6.45, 7) is 0. The molecule has 2 atom stereocenters. The van der Waals surface area contributed by atoms with Crippen molar-refractivity contribution in [2.24, 2.45) is 0 Å². The maximum absolute atomic E-state index is 11.6. The highest BCUT2D eigenvalue weighted by molar-refractivity contribution is 5.77. The van der Waals surface area contributed by atoms with Gasteiger partial charge in [0.25, 0.3) is 0 Å². The molecule has 3 aromatic rings. The van der Waals surface area contributed by atoms with E-state index in [-0.39, 0.29) is 0 Å². The summed E-state index contributed by atoms with van der Waals surface area (Å²) in [5.41, 5.74) is 3.28. The number of aliphatic hydroxyl groups excluding tert-OH is 1. The largest absolute Gasteiger partial charge is 0.481 e. The third kappa shape index (κ3) is 3.36. The zero-order valence-electron chi connectivity index (χ0n) is 13.0. The Bertz CT molecular complexity index is 796. The molecule has 3 heteroatoms. The Labute approximate surface area is 140 Å². The second kappa shape index (κ2) is 7.11. The standard InChI is InChI=1S/C21H18O3/c22-20(19(21(23)24)17-9-5-2-6-10-17)18-13-11-16(12-14-18)15-7-3-1-4-8-15/h1-14,19-20,22H,(H,23,24)/t19-,20+/m1/s1. The molecule has 0 aromatic heterocycles. The topological polar surface area (TPSA) is 57.5 Å². The van der Waals surface area contributed by atoms with Crippen molar-refractivity contribution in [2.75, 3.05) is 0 Å². The molecule has 3 aromatic carbocycles. The van der Waals surface area contributed by atoms with Crippen LogP contribution in [0.3, 0.4) is 0 Å². The number of aliphatic carboxylic acids is 1. The predicted molar refractivity (Wildman–Crippen MR) is 93.7 cm³/mol. The zero-order chi connectivity index (χ0) is 16.9. The van der Waals surface area contributed by atoms with E-state index in [1.807, 2.05) is 48.5 Å². The van der Waals surface area contributed by atoms with Gasteiger partial charge in [0.15, 0.2) is 0 Å². The Balaban J connectivity index is 1.88. The highest BCUT2D eigenvalue weighted by atomic mass is 16.4. The van der Waals surface area contributed by atoms with Crippen molar-refractivity contribution in [1.29, 1.82) is 0 Å². The second-order valence-electron chi connectivity index (χ2n) is 5.66. The highest BCUT2D eigenvalue weighted by Gasteiger charge is 2.29. The van der Waals surface area contributed by atoms with Gasteiger partial charge in [0.05, 0.1) is 6.10 Å². The number of hydrogen-bond donors (Lipinski definition) is 2. The normalized spacial score (nSPS) is 13.2. The summed E-state index contributed by atoms with van der Waals surface area (Å²) in [4.78, 5) is 11.6. The van der Waals surface area contributed by atoms with Gasteiger partial charge in [-0.2, -0.15) is 0 Å². The van der Waals surface area contributed by atoms with Crippen molar-refractivity contribution in [2.45, 2.75) is 12.0 Å². The number of carbonyl (C=O) groups is 1. The lowest BCUT2D eigenvalue weighted by Gasteiger charge is -2.20. The highest BCUT2D eigenvalue weighted by Crippen LogP contribution is 2.32. The molecular formula is C21H18O3. The monoisotopic (exact) mass is 318 g/mol. The summed E-state index contributed by atoms with van der Waals surface area (Å²) < 4.78 is 0. The first kappa shape index (κ1) is 16.0. The molecule has 0 heterocycles.